The second-order valence-corrected chi connectivity index (χ2v) is 5.94. The SMILES string of the molecule is COc1ccc(-c2nnc(C(C)OC(=O)c3c(C)oc(C)c3C)o2)cc1. The van der Waals surface area contributed by atoms with E-state index in [1.165, 1.54) is 0 Å². The minimum Gasteiger partial charge on any atom is -0.497 e. The quantitative estimate of drug-likeness (QED) is 0.634. The number of benzene rings is 1. The molecule has 0 aliphatic carbocycles. The molecule has 0 amide bonds. The largest absolute Gasteiger partial charge is 0.497 e. The van der Waals surface area contributed by atoms with E-state index in [-0.39, 0.29) is 5.89 Å². The van der Waals surface area contributed by atoms with Gasteiger partial charge in [0.15, 0.2) is 6.10 Å². The minimum atomic E-state index is -0.684. The van der Waals surface area contributed by atoms with Crippen LogP contribution in [0.3, 0.4) is 0 Å². The molecule has 2 aromatic heterocycles. The molecule has 0 aliphatic rings. The van der Waals surface area contributed by atoms with Crippen LogP contribution < -0.4 is 4.74 Å². The van der Waals surface area contributed by atoms with Gasteiger partial charge in [-0.3, -0.25) is 0 Å². The summed E-state index contributed by atoms with van der Waals surface area (Å²) < 4.78 is 21.7. The lowest BCUT2D eigenvalue weighted by atomic mass is 10.1. The average Bonchev–Trinajstić information content (AvgIpc) is 3.20. The van der Waals surface area contributed by atoms with E-state index in [4.69, 9.17) is 18.3 Å². The Morgan fingerprint density at radius 2 is 1.73 bits per heavy atom. The molecule has 7 nitrogen and oxygen atoms in total. The van der Waals surface area contributed by atoms with Gasteiger partial charge in [-0.05, 0) is 52.0 Å². The molecule has 3 aromatic rings. The summed E-state index contributed by atoms with van der Waals surface area (Å²) in [6.07, 6.45) is -0.684. The number of hydrogen-bond acceptors (Lipinski definition) is 7. The lowest BCUT2D eigenvalue weighted by molar-refractivity contribution is 0.0277. The number of carbonyl (C=O) groups excluding carboxylic acids is 1. The van der Waals surface area contributed by atoms with Crippen LogP contribution in [0.2, 0.25) is 0 Å². The van der Waals surface area contributed by atoms with E-state index in [0.717, 1.165) is 16.9 Å². The average molecular weight is 356 g/mol. The van der Waals surface area contributed by atoms with Gasteiger partial charge in [-0.1, -0.05) is 0 Å². The number of methoxy groups -OCH3 is 1. The van der Waals surface area contributed by atoms with Crippen LogP contribution in [0.1, 0.15) is 46.4 Å². The fraction of sp³-hybridized carbons (Fsp3) is 0.316. The molecule has 1 atom stereocenters. The van der Waals surface area contributed by atoms with Crippen LogP contribution in [0, 0.1) is 20.8 Å². The highest BCUT2D eigenvalue weighted by molar-refractivity contribution is 5.92. The van der Waals surface area contributed by atoms with Crippen molar-refractivity contribution in [2.24, 2.45) is 0 Å². The van der Waals surface area contributed by atoms with E-state index < -0.39 is 12.1 Å². The number of aromatic nitrogens is 2. The Labute approximate surface area is 150 Å². The Morgan fingerprint density at radius 3 is 2.31 bits per heavy atom. The van der Waals surface area contributed by atoms with Crippen LogP contribution in [-0.4, -0.2) is 23.3 Å². The highest BCUT2D eigenvalue weighted by Crippen LogP contribution is 2.27. The molecule has 0 saturated heterocycles. The van der Waals surface area contributed by atoms with Gasteiger partial charge in [0.1, 0.15) is 22.8 Å². The van der Waals surface area contributed by atoms with Gasteiger partial charge >= 0.3 is 5.97 Å². The van der Waals surface area contributed by atoms with Gasteiger partial charge in [-0.2, -0.15) is 0 Å². The van der Waals surface area contributed by atoms with Crippen molar-refractivity contribution in [3.63, 3.8) is 0 Å². The Hall–Kier alpha value is -3.09. The summed E-state index contributed by atoms with van der Waals surface area (Å²) in [6.45, 7) is 7.04. The van der Waals surface area contributed by atoms with Gasteiger partial charge in [-0.15, -0.1) is 10.2 Å². The summed E-state index contributed by atoms with van der Waals surface area (Å²) in [5, 5.41) is 8.00. The van der Waals surface area contributed by atoms with E-state index in [1.54, 1.807) is 33.1 Å². The van der Waals surface area contributed by atoms with Crippen molar-refractivity contribution >= 4 is 5.97 Å². The summed E-state index contributed by atoms with van der Waals surface area (Å²) in [7, 11) is 1.60. The molecule has 0 radical (unpaired) electrons. The first kappa shape index (κ1) is 17.7. The second-order valence-electron chi connectivity index (χ2n) is 5.94. The molecule has 7 heteroatoms. The standard InChI is InChI=1S/C19H20N2O5/c1-10-11(2)24-12(3)16(10)19(22)25-13(4)17-20-21-18(26-17)14-6-8-15(23-5)9-7-14/h6-9,13H,1-5H3. The van der Waals surface area contributed by atoms with Crippen LogP contribution in [0.25, 0.3) is 11.5 Å². The monoisotopic (exact) mass is 356 g/mol. The first-order valence-corrected chi connectivity index (χ1v) is 8.16. The third-order valence-corrected chi connectivity index (χ3v) is 4.17. The lowest BCUT2D eigenvalue weighted by Crippen LogP contribution is -2.11. The lowest BCUT2D eigenvalue weighted by Gasteiger charge is -2.09. The van der Waals surface area contributed by atoms with Gasteiger partial charge in [0.2, 0.25) is 5.89 Å². The number of carbonyl (C=O) groups is 1. The van der Waals surface area contributed by atoms with Crippen molar-refractivity contribution in [1.82, 2.24) is 10.2 Å². The molecule has 26 heavy (non-hydrogen) atoms. The Balaban J connectivity index is 1.75. The maximum absolute atomic E-state index is 12.4. The molecule has 1 aromatic carbocycles. The molecule has 1 unspecified atom stereocenters. The predicted molar refractivity (Wildman–Crippen MR) is 93.0 cm³/mol. The zero-order valence-corrected chi connectivity index (χ0v) is 15.3. The van der Waals surface area contributed by atoms with Crippen LogP contribution in [-0.2, 0) is 4.74 Å². The molecule has 2 heterocycles. The normalized spacial score (nSPS) is 12.0. The molecule has 0 saturated carbocycles. The fourth-order valence-corrected chi connectivity index (χ4v) is 2.61. The van der Waals surface area contributed by atoms with Crippen molar-refractivity contribution < 1.29 is 23.1 Å². The van der Waals surface area contributed by atoms with E-state index in [1.807, 2.05) is 26.0 Å². The topological polar surface area (TPSA) is 87.6 Å². The first-order valence-electron chi connectivity index (χ1n) is 8.16. The molecule has 0 bridgehead atoms. The number of aryl methyl sites for hydroxylation is 2. The van der Waals surface area contributed by atoms with Crippen molar-refractivity contribution in [1.29, 1.82) is 0 Å². The summed E-state index contributed by atoms with van der Waals surface area (Å²) in [6, 6.07) is 7.23. The second kappa shape index (κ2) is 7.03. The number of ether oxygens (including phenoxy) is 2. The summed E-state index contributed by atoms with van der Waals surface area (Å²) in [5.41, 5.74) is 1.95. The highest BCUT2D eigenvalue weighted by atomic mass is 16.6. The first-order chi connectivity index (χ1) is 12.4. The van der Waals surface area contributed by atoms with Gasteiger partial charge in [-0.25, -0.2) is 4.79 Å². The van der Waals surface area contributed by atoms with E-state index >= 15 is 0 Å². The zero-order valence-electron chi connectivity index (χ0n) is 15.3. The molecular formula is C19H20N2O5. The Morgan fingerprint density at radius 1 is 1.04 bits per heavy atom. The third-order valence-electron chi connectivity index (χ3n) is 4.17. The van der Waals surface area contributed by atoms with Gasteiger partial charge in [0.05, 0.1) is 7.11 Å². The van der Waals surface area contributed by atoms with E-state index in [2.05, 4.69) is 10.2 Å². The summed E-state index contributed by atoms with van der Waals surface area (Å²) >= 11 is 0. The van der Waals surface area contributed by atoms with Gasteiger partial charge < -0.3 is 18.3 Å². The predicted octanol–water partition coefficient (Wildman–Crippen LogP) is 4.18. The highest BCUT2D eigenvalue weighted by Gasteiger charge is 2.24. The van der Waals surface area contributed by atoms with Crippen LogP contribution in [0.4, 0.5) is 0 Å². The molecule has 0 spiro atoms. The summed E-state index contributed by atoms with van der Waals surface area (Å²) in [4.78, 5) is 12.4. The molecule has 0 N–H and O–H groups in total. The minimum absolute atomic E-state index is 0.222. The maximum atomic E-state index is 12.4. The number of hydrogen-bond donors (Lipinski definition) is 0. The number of nitrogens with zero attached hydrogens (tertiary/aromatic N) is 2. The molecule has 0 aliphatic heterocycles. The zero-order chi connectivity index (χ0) is 18.8. The van der Waals surface area contributed by atoms with Crippen LogP contribution in [0.15, 0.2) is 33.1 Å². The number of rotatable bonds is 5. The fourth-order valence-electron chi connectivity index (χ4n) is 2.61. The van der Waals surface area contributed by atoms with Crippen molar-refractivity contribution in [3.8, 4) is 17.2 Å². The van der Waals surface area contributed by atoms with E-state index in [0.29, 0.717) is 23.0 Å². The summed E-state index contributed by atoms with van der Waals surface area (Å²) in [5.74, 6) is 2.05. The molecule has 0 fully saturated rings. The number of furan rings is 1. The van der Waals surface area contributed by atoms with Crippen molar-refractivity contribution in [2.45, 2.75) is 33.8 Å². The van der Waals surface area contributed by atoms with Gasteiger partial charge in [0.25, 0.3) is 5.89 Å². The Kier molecular flexibility index (Phi) is 4.79. The molecule has 3 rings (SSSR count). The maximum Gasteiger partial charge on any atom is 0.342 e. The van der Waals surface area contributed by atoms with Gasteiger partial charge in [0, 0.05) is 11.1 Å². The number of esters is 1. The Bertz CT molecular complexity index is 924. The van der Waals surface area contributed by atoms with E-state index in [9.17, 15) is 4.79 Å². The van der Waals surface area contributed by atoms with Crippen LogP contribution >= 0.6 is 0 Å². The van der Waals surface area contributed by atoms with Crippen molar-refractivity contribution in [2.75, 3.05) is 7.11 Å². The van der Waals surface area contributed by atoms with Crippen LogP contribution in [0.5, 0.6) is 5.75 Å². The smallest absolute Gasteiger partial charge is 0.342 e. The molecular weight excluding hydrogens is 336 g/mol. The third kappa shape index (κ3) is 3.33. The molecule has 136 valence electrons. The van der Waals surface area contributed by atoms with Crippen molar-refractivity contribution in [3.05, 3.63) is 52.8 Å².